The average molecular weight is 404 g/mol. The minimum absolute atomic E-state index is 0.0295. The van der Waals surface area contributed by atoms with E-state index >= 15 is 0 Å². The molecule has 0 saturated carbocycles. The molecule has 0 saturated heterocycles. The zero-order valence-corrected chi connectivity index (χ0v) is 15.9. The first-order valence-electron chi connectivity index (χ1n) is 9.37. The van der Waals surface area contributed by atoms with Crippen LogP contribution in [0.5, 0.6) is 0 Å². The van der Waals surface area contributed by atoms with E-state index in [4.69, 9.17) is 10.5 Å². The number of rotatable bonds is 3. The molecule has 3 N–H and O–H groups in total. The number of hydrogen-bond donors (Lipinski definition) is 2. The Morgan fingerprint density at radius 1 is 1.03 bits per heavy atom. The molecule has 0 unspecified atom stereocenters. The summed E-state index contributed by atoms with van der Waals surface area (Å²) in [7, 11) is 0. The largest absolute Gasteiger partial charge is 0.449 e. The number of ether oxygens (including phenoxy) is 1. The molecule has 1 aliphatic rings. The van der Waals surface area contributed by atoms with Crippen LogP contribution >= 0.6 is 0 Å². The van der Waals surface area contributed by atoms with E-state index in [2.05, 4.69) is 29.3 Å². The van der Waals surface area contributed by atoms with Gasteiger partial charge in [0.15, 0.2) is 0 Å². The van der Waals surface area contributed by atoms with Crippen LogP contribution in [0.2, 0.25) is 0 Å². The van der Waals surface area contributed by atoms with Crippen LogP contribution in [0, 0.1) is 23.5 Å². The second-order valence-corrected chi connectivity index (χ2v) is 6.83. The van der Waals surface area contributed by atoms with E-state index in [-0.39, 0.29) is 30.3 Å². The summed E-state index contributed by atoms with van der Waals surface area (Å²) in [5, 5.41) is 2.51. The standard InChI is InChI=1S/C24H18F2N2O2/c25-16-12-15(23(27)22(26)13-16)6-5-11-28-24(29)30-14-21-19-9-3-1-7-17(19)18-8-2-4-10-20(18)21/h1-4,7-10,12-13,21H,11,14,27H2,(H,28,29). The summed E-state index contributed by atoms with van der Waals surface area (Å²) in [6.45, 7) is 0.142. The Kier molecular flexibility index (Phi) is 5.36. The molecule has 30 heavy (non-hydrogen) atoms. The normalized spacial score (nSPS) is 11.8. The van der Waals surface area contributed by atoms with Gasteiger partial charge in [-0.15, -0.1) is 0 Å². The van der Waals surface area contributed by atoms with Gasteiger partial charge in [-0.25, -0.2) is 13.6 Å². The van der Waals surface area contributed by atoms with Crippen LogP contribution in [0.25, 0.3) is 11.1 Å². The fourth-order valence-electron chi connectivity index (χ4n) is 3.59. The van der Waals surface area contributed by atoms with Crippen molar-refractivity contribution in [2.75, 3.05) is 18.9 Å². The fraction of sp³-hybridized carbons (Fsp3) is 0.125. The van der Waals surface area contributed by atoms with Crippen LogP contribution in [-0.2, 0) is 4.74 Å². The molecular formula is C24H18F2N2O2. The summed E-state index contributed by atoms with van der Waals surface area (Å²) < 4.78 is 32.1. The number of carbonyl (C=O) groups excluding carboxylic acids is 1. The maximum atomic E-state index is 13.4. The molecule has 6 heteroatoms. The number of nitrogens with one attached hydrogen (secondary N) is 1. The van der Waals surface area contributed by atoms with E-state index in [1.165, 1.54) is 0 Å². The predicted octanol–water partition coefficient (Wildman–Crippen LogP) is 4.44. The summed E-state index contributed by atoms with van der Waals surface area (Å²) in [5.41, 5.74) is 9.86. The van der Waals surface area contributed by atoms with Gasteiger partial charge in [0.1, 0.15) is 18.2 Å². The number of hydrogen-bond acceptors (Lipinski definition) is 3. The van der Waals surface area contributed by atoms with Gasteiger partial charge in [-0.3, -0.25) is 0 Å². The summed E-state index contributed by atoms with van der Waals surface area (Å²) in [5.74, 6) is 3.48. The average Bonchev–Trinajstić information content (AvgIpc) is 3.07. The highest BCUT2D eigenvalue weighted by Gasteiger charge is 2.28. The molecule has 1 amide bonds. The molecule has 0 aliphatic heterocycles. The first-order valence-corrected chi connectivity index (χ1v) is 9.37. The summed E-state index contributed by atoms with van der Waals surface area (Å²) >= 11 is 0. The van der Waals surface area contributed by atoms with Crippen LogP contribution in [0.1, 0.15) is 22.6 Å². The lowest BCUT2D eigenvalue weighted by atomic mass is 9.98. The molecule has 3 aromatic rings. The van der Waals surface area contributed by atoms with E-state index in [0.29, 0.717) is 6.07 Å². The van der Waals surface area contributed by atoms with Crippen LogP contribution < -0.4 is 11.1 Å². The van der Waals surface area contributed by atoms with Crippen molar-refractivity contribution in [2.45, 2.75) is 5.92 Å². The van der Waals surface area contributed by atoms with E-state index in [1.54, 1.807) is 0 Å². The molecule has 0 spiro atoms. The van der Waals surface area contributed by atoms with Crippen LogP contribution in [-0.4, -0.2) is 19.2 Å². The number of carbonyl (C=O) groups is 1. The molecule has 4 nitrogen and oxygen atoms in total. The van der Waals surface area contributed by atoms with E-state index in [9.17, 15) is 13.6 Å². The Morgan fingerprint density at radius 2 is 1.67 bits per heavy atom. The lowest BCUT2D eigenvalue weighted by molar-refractivity contribution is 0.144. The lowest BCUT2D eigenvalue weighted by Gasteiger charge is -2.14. The van der Waals surface area contributed by atoms with Gasteiger partial charge >= 0.3 is 6.09 Å². The highest BCUT2D eigenvalue weighted by Crippen LogP contribution is 2.44. The SMILES string of the molecule is Nc1c(F)cc(F)cc1C#CCNC(=O)OCC1c2ccccc2-c2ccccc21. The van der Waals surface area contributed by atoms with E-state index < -0.39 is 17.7 Å². The first kappa shape index (κ1) is 19.5. The highest BCUT2D eigenvalue weighted by molar-refractivity contribution is 5.79. The molecule has 0 atom stereocenters. The number of benzene rings is 3. The third-order valence-electron chi connectivity index (χ3n) is 4.98. The van der Waals surface area contributed by atoms with E-state index in [1.807, 2.05) is 36.4 Å². The lowest BCUT2D eigenvalue weighted by Crippen LogP contribution is -2.26. The van der Waals surface area contributed by atoms with Gasteiger partial charge in [-0.1, -0.05) is 60.4 Å². The van der Waals surface area contributed by atoms with Gasteiger partial charge in [0.25, 0.3) is 0 Å². The topological polar surface area (TPSA) is 64.3 Å². The van der Waals surface area contributed by atoms with Crippen molar-refractivity contribution in [3.63, 3.8) is 0 Å². The molecule has 0 fully saturated rings. The Bertz CT molecular complexity index is 1140. The summed E-state index contributed by atoms with van der Waals surface area (Å²) in [4.78, 5) is 12.1. The van der Waals surface area contributed by atoms with E-state index in [0.717, 1.165) is 28.3 Å². The van der Waals surface area contributed by atoms with Crippen molar-refractivity contribution in [2.24, 2.45) is 0 Å². The molecule has 3 aromatic carbocycles. The van der Waals surface area contributed by atoms with Gasteiger partial charge in [0.2, 0.25) is 0 Å². The maximum absolute atomic E-state index is 13.4. The van der Waals surface area contributed by atoms with Crippen molar-refractivity contribution in [1.82, 2.24) is 5.32 Å². The van der Waals surface area contributed by atoms with Crippen molar-refractivity contribution >= 4 is 11.8 Å². The summed E-state index contributed by atoms with van der Waals surface area (Å²) in [6, 6.07) is 17.8. The second kappa shape index (κ2) is 8.26. The maximum Gasteiger partial charge on any atom is 0.407 e. The van der Waals surface area contributed by atoms with Crippen LogP contribution in [0.4, 0.5) is 19.3 Å². The summed E-state index contributed by atoms with van der Waals surface area (Å²) in [6.07, 6.45) is -0.621. The number of anilines is 1. The Morgan fingerprint density at radius 3 is 2.33 bits per heavy atom. The monoisotopic (exact) mass is 404 g/mol. The molecule has 4 rings (SSSR count). The molecule has 0 aromatic heterocycles. The van der Waals surface area contributed by atoms with Gasteiger partial charge in [-0.2, -0.15) is 0 Å². The zero-order valence-electron chi connectivity index (χ0n) is 15.9. The number of fused-ring (bicyclic) bond motifs is 3. The smallest absolute Gasteiger partial charge is 0.407 e. The van der Waals surface area contributed by atoms with Gasteiger partial charge in [0.05, 0.1) is 17.8 Å². The number of alkyl carbamates (subject to hydrolysis) is 1. The van der Waals surface area contributed by atoms with Gasteiger partial charge in [0, 0.05) is 12.0 Å². The van der Waals surface area contributed by atoms with Gasteiger partial charge < -0.3 is 15.8 Å². The highest BCUT2D eigenvalue weighted by atomic mass is 19.1. The minimum atomic E-state index is -0.871. The Hall–Kier alpha value is -3.85. The van der Waals surface area contributed by atoms with Crippen LogP contribution in [0.15, 0.2) is 60.7 Å². The van der Waals surface area contributed by atoms with Crippen molar-refractivity contribution in [1.29, 1.82) is 0 Å². The zero-order chi connectivity index (χ0) is 21.1. The molecule has 0 radical (unpaired) electrons. The number of amides is 1. The molecule has 150 valence electrons. The fourth-order valence-corrected chi connectivity index (χ4v) is 3.59. The first-order chi connectivity index (χ1) is 14.5. The third kappa shape index (κ3) is 3.83. The van der Waals surface area contributed by atoms with Crippen molar-refractivity contribution < 1.29 is 18.3 Å². The minimum Gasteiger partial charge on any atom is -0.449 e. The molecule has 1 aliphatic carbocycles. The van der Waals surface area contributed by atoms with Crippen LogP contribution in [0.3, 0.4) is 0 Å². The Labute approximate surface area is 172 Å². The van der Waals surface area contributed by atoms with Gasteiger partial charge in [-0.05, 0) is 28.3 Å². The molecule has 0 bridgehead atoms. The molecular weight excluding hydrogens is 386 g/mol. The predicted molar refractivity (Wildman–Crippen MR) is 111 cm³/mol. The van der Waals surface area contributed by atoms with Crippen molar-refractivity contribution in [3.05, 3.63) is 89.0 Å². The Balaban J connectivity index is 1.37. The van der Waals surface area contributed by atoms with Crippen molar-refractivity contribution in [3.8, 4) is 23.0 Å². The number of nitrogen functional groups attached to an aromatic ring is 1. The molecule has 0 heterocycles. The quantitative estimate of drug-likeness (QED) is 0.501. The second-order valence-electron chi connectivity index (χ2n) is 6.83. The number of nitrogens with two attached hydrogens (primary N) is 1. The third-order valence-corrected chi connectivity index (χ3v) is 4.98. The number of halogens is 2.